The second-order valence-electron chi connectivity index (χ2n) is 4.30. The molecule has 18 heavy (non-hydrogen) atoms. The number of likely N-dealkylation sites (N-methyl/N-ethyl adjacent to an activating group) is 1. The number of anilines is 1. The highest BCUT2D eigenvalue weighted by atomic mass is 32.1. The first-order valence-electron chi connectivity index (χ1n) is 5.93. The maximum absolute atomic E-state index is 12.7. The molecular formula is C14H17FN2S. The molecule has 0 saturated carbocycles. The summed E-state index contributed by atoms with van der Waals surface area (Å²) >= 11 is 1.73. The van der Waals surface area contributed by atoms with Gasteiger partial charge in [0.25, 0.3) is 0 Å². The van der Waals surface area contributed by atoms with E-state index >= 15 is 0 Å². The van der Waals surface area contributed by atoms with Gasteiger partial charge in [0.15, 0.2) is 0 Å². The molecule has 0 atom stereocenters. The second-order valence-corrected chi connectivity index (χ2v) is 5.08. The van der Waals surface area contributed by atoms with Crippen molar-refractivity contribution in [2.75, 3.05) is 25.5 Å². The molecule has 2 aromatic rings. The Kier molecular flexibility index (Phi) is 4.73. The third kappa shape index (κ3) is 4.13. The Morgan fingerprint density at radius 3 is 2.67 bits per heavy atom. The summed E-state index contributed by atoms with van der Waals surface area (Å²) in [4.78, 5) is 2.26. The molecule has 1 N–H and O–H groups in total. The molecule has 2 nitrogen and oxygen atoms in total. The summed E-state index contributed by atoms with van der Waals surface area (Å²) in [6, 6.07) is 8.60. The molecule has 1 aromatic carbocycles. The van der Waals surface area contributed by atoms with Gasteiger partial charge in [-0.05, 0) is 53.7 Å². The highest BCUT2D eigenvalue weighted by Gasteiger charge is 2.00. The van der Waals surface area contributed by atoms with Crippen LogP contribution in [0.4, 0.5) is 10.1 Å². The van der Waals surface area contributed by atoms with Gasteiger partial charge in [0.2, 0.25) is 0 Å². The van der Waals surface area contributed by atoms with Crippen LogP contribution < -0.4 is 5.32 Å². The minimum atomic E-state index is -0.199. The minimum absolute atomic E-state index is 0.199. The van der Waals surface area contributed by atoms with Crippen LogP contribution >= 0.6 is 11.3 Å². The summed E-state index contributed by atoms with van der Waals surface area (Å²) in [6.45, 7) is 2.77. The summed E-state index contributed by atoms with van der Waals surface area (Å²) in [5, 5.41) is 7.54. The maximum Gasteiger partial charge on any atom is 0.123 e. The standard InChI is InChI=1S/C14H17FN2S/c1-17(10-12-6-9-18-11-12)8-7-16-14-4-2-13(15)3-5-14/h2-6,9,11,16H,7-8,10H2,1H3. The molecule has 4 heteroatoms. The van der Waals surface area contributed by atoms with Crippen molar-refractivity contribution in [1.29, 1.82) is 0 Å². The van der Waals surface area contributed by atoms with E-state index in [1.807, 2.05) is 0 Å². The van der Waals surface area contributed by atoms with E-state index in [0.29, 0.717) is 0 Å². The zero-order valence-electron chi connectivity index (χ0n) is 10.4. The summed E-state index contributed by atoms with van der Waals surface area (Å²) in [6.07, 6.45) is 0. The largest absolute Gasteiger partial charge is 0.384 e. The molecule has 0 amide bonds. The van der Waals surface area contributed by atoms with Crippen molar-refractivity contribution < 1.29 is 4.39 Å². The predicted octanol–water partition coefficient (Wildman–Crippen LogP) is 3.43. The van der Waals surface area contributed by atoms with Crippen LogP contribution in [0.5, 0.6) is 0 Å². The van der Waals surface area contributed by atoms with E-state index < -0.39 is 0 Å². The van der Waals surface area contributed by atoms with E-state index in [9.17, 15) is 4.39 Å². The molecule has 2 rings (SSSR count). The lowest BCUT2D eigenvalue weighted by Crippen LogP contribution is -2.24. The van der Waals surface area contributed by atoms with Crippen LogP contribution in [0.3, 0.4) is 0 Å². The Hall–Kier alpha value is -1.39. The van der Waals surface area contributed by atoms with E-state index in [0.717, 1.165) is 25.3 Å². The van der Waals surface area contributed by atoms with Crippen molar-refractivity contribution in [1.82, 2.24) is 4.90 Å². The first-order chi connectivity index (χ1) is 8.74. The number of hydrogen-bond acceptors (Lipinski definition) is 3. The molecule has 1 aromatic heterocycles. The lowest BCUT2D eigenvalue weighted by atomic mass is 10.3. The zero-order chi connectivity index (χ0) is 12.8. The van der Waals surface area contributed by atoms with Gasteiger partial charge in [-0.25, -0.2) is 4.39 Å². The molecule has 0 spiro atoms. The van der Waals surface area contributed by atoms with Crippen molar-refractivity contribution in [3.63, 3.8) is 0 Å². The molecule has 0 saturated heterocycles. The van der Waals surface area contributed by atoms with Gasteiger partial charge < -0.3 is 10.2 Å². The van der Waals surface area contributed by atoms with Gasteiger partial charge in [0.1, 0.15) is 5.82 Å². The number of nitrogens with one attached hydrogen (secondary N) is 1. The predicted molar refractivity (Wildman–Crippen MR) is 75.5 cm³/mol. The number of halogens is 1. The molecule has 96 valence electrons. The molecule has 0 unspecified atom stereocenters. The van der Waals surface area contributed by atoms with Crippen molar-refractivity contribution >= 4 is 17.0 Å². The van der Waals surface area contributed by atoms with Gasteiger partial charge >= 0.3 is 0 Å². The van der Waals surface area contributed by atoms with E-state index in [1.54, 1.807) is 23.5 Å². The summed E-state index contributed by atoms with van der Waals surface area (Å²) < 4.78 is 12.7. The van der Waals surface area contributed by atoms with Crippen LogP contribution in [0.1, 0.15) is 5.56 Å². The average molecular weight is 264 g/mol. The van der Waals surface area contributed by atoms with Gasteiger partial charge in [-0.3, -0.25) is 0 Å². The number of rotatable bonds is 6. The van der Waals surface area contributed by atoms with Crippen molar-refractivity contribution in [2.24, 2.45) is 0 Å². The topological polar surface area (TPSA) is 15.3 Å². The number of hydrogen-bond donors (Lipinski definition) is 1. The van der Waals surface area contributed by atoms with E-state index in [1.165, 1.54) is 17.7 Å². The summed E-state index contributed by atoms with van der Waals surface area (Å²) in [7, 11) is 2.10. The Morgan fingerprint density at radius 1 is 1.22 bits per heavy atom. The highest BCUT2D eigenvalue weighted by molar-refractivity contribution is 7.07. The fraction of sp³-hybridized carbons (Fsp3) is 0.286. The smallest absolute Gasteiger partial charge is 0.123 e. The van der Waals surface area contributed by atoms with Gasteiger partial charge in [-0.1, -0.05) is 0 Å². The molecule has 0 radical (unpaired) electrons. The fourth-order valence-corrected chi connectivity index (χ4v) is 2.39. The molecule has 0 aliphatic heterocycles. The quantitative estimate of drug-likeness (QED) is 0.860. The fourth-order valence-electron chi connectivity index (χ4n) is 1.73. The third-order valence-corrected chi connectivity index (χ3v) is 3.43. The number of nitrogens with zero attached hydrogens (tertiary/aromatic N) is 1. The molecule has 1 heterocycles. The Morgan fingerprint density at radius 2 is 2.00 bits per heavy atom. The maximum atomic E-state index is 12.7. The first-order valence-corrected chi connectivity index (χ1v) is 6.87. The molecular weight excluding hydrogens is 247 g/mol. The Balaban J connectivity index is 1.70. The lowest BCUT2D eigenvalue weighted by molar-refractivity contribution is 0.340. The van der Waals surface area contributed by atoms with Crippen LogP contribution in [-0.2, 0) is 6.54 Å². The van der Waals surface area contributed by atoms with Gasteiger partial charge in [0.05, 0.1) is 0 Å². The van der Waals surface area contributed by atoms with Crippen LogP contribution in [0.15, 0.2) is 41.1 Å². The summed E-state index contributed by atoms with van der Waals surface area (Å²) in [5.74, 6) is -0.199. The van der Waals surface area contributed by atoms with Crippen LogP contribution in [0, 0.1) is 5.82 Å². The van der Waals surface area contributed by atoms with E-state index in [-0.39, 0.29) is 5.82 Å². The average Bonchev–Trinajstić information content (AvgIpc) is 2.84. The van der Waals surface area contributed by atoms with Gasteiger partial charge in [-0.2, -0.15) is 11.3 Å². The molecule has 0 fully saturated rings. The highest BCUT2D eigenvalue weighted by Crippen LogP contribution is 2.09. The molecule has 0 aliphatic carbocycles. The van der Waals surface area contributed by atoms with E-state index in [4.69, 9.17) is 0 Å². The Bertz CT molecular complexity index is 453. The number of thiophene rings is 1. The van der Waals surface area contributed by atoms with Crippen molar-refractivity contribution in [2.45, 2.75) is 6.54 Å². The Labute approximate surface area is 111 Å². The van der Waals surface area contributed by atoms with Crippen LogP contribution in [0.2, 0.25) is 0 Å². The van der Waals surface area contributed by atoms with Crippen molar-refractivity contribution in [3.8, 4) is 0 Å². The van der Waals surface area contributed by atoms with Crippen LogP contribution in [0.25, 0.3) is 0 Å². The SMILES string of the molecule is CN(CCNc1ccc(F)cc1)Cc1ccsc1. The third-order valence-electron chi connectivity index (χ3n) is 2.70. The normalized spacial score (nSPS) is 10.8. The second kappa shape index (κ2) is 6.52. The molecule has 0 aliphatic rings. The van der Waals surface area contributed by atoms with Crippen LogP contribution in [-0.4, -0.2) is 25.0 Å². The monoisotopic (exact) mass is 264 g/mol. The summed E-state index contributed by atoms with van der Waals surface area (Å²) in [5.41, 5.74) is 2.31. The van der Waals surface area contributed by atoms with Gasteiger partial charge in [-0.15, -0.1) is 0 Å². The van der Waals surface area contributed by atoms with Crippen molar-refractivity contribution in [3.05, 3.63) is 52.5 Å². The first kappa shape index (κ1) is 13.1. The number of benzene rings is 1. The molecule has 0 bridgehead atoms. The minimum Gasteiger partial charge on any atom is -0.384 e. The lowest BCUT2D eigenvalue weighted by Gasteiger charge is -2.16. The van der Waals surface area contributed by atoms with E-state index in [2.05, 4.69) is 34.1 Å². The zero-order valence-corrected chi connectivity index (χ0v) is 11.2. The van der Waals surface area contributed by atoms with Gasteiger partial charge in [0, 0.05) is 25.3 Å².